The molecule has 0 radical (unpaired) electrons. The molecule has 1 atom stereocenters. The first-order chi connectivity index (χ1) is 10.8. The van der Waals surface area contributed by atoms with Gasteiger partial charge in [-0.1, -0.05) is 51.1 Å². The molecule has 0 spiro atoms. The molecule has 5 heteroatoms. The van der Waals surface area contributed by atoms with Gasteiger partial charge in [-0.2, -0.15) is 0 Å². The van der Waals surface area contributed by atoms with Crippen molar-refractivity contribution < 1.29 is 13.9 Å². The van der Waals surface area contributed by atoms with Crippen molar-refractivity contribution in [2.45, 2.75) is 38.8 Å². The standard InChI is InChI=1S/C19H23F2NO.ClH/c1-19(2,3)14-6-4-13(5-7-14)11-22-12-18(23)16-9-8-15(20)10-17(16)21;/h4-10,18,22-23H,11-12H2,1-3H3;1H. The molecule has 24 heavy (non-hydrogen) atoms. The summed E-state index contributed by atoms with van der Waals surface area (Å²) in [6.07, 6.45) is -1.01. The van der Waals surface area contributed by atoms with Crippen LogP contribution in [0.4, 0.5) is 8.78 Å². The Bertz CT molecular complexity index is 653. The third kappa shape index (κ3) is 5.55. The summed E-state index contributed by atoms with van der Waals surface area (Å²) in [5.74, 6) is -1.38. The molecule has 2 N–H and O–H groups in total. The Morgan fingerprint density at radius 1 is 1.04 bits per heavy atom. The molecule has 132 valence electrons. The SMILES string of the molecule is CC(C)(C)c1ccc(CNCC(O)c2ccc(F)cc2F)cc1.Cl. The van der Waals surface area contributed by atoms with Crippen LogP contribution >= 0.6 is 12.4 Å². The number of aliphatic hydroxyl groups is 1. The van der Waals surface area contributed by atoms with Gasteiger partial charge >= 0.3 is 0 Å². The topological polar surface area (TPSA) is 32.3 Å². The molecule has 0 bridgehead atoms. The molecule has 0 fully saturated rings. The number of hydrogen-bond acceptors (Lipinski definition) is 2. The fourth-order valence-corrected chi connectivity index (χ4v) is 2.36. The lowest BCUT2D eigenvalue weighted by molar-refractivity contribution is 0.169. The van der Waals surface area contributed by atoms with Gasteiger partial charge in [-0.15, -0.1) is 12.4 Å². The summed E-state index contributed by atoms with van der Waals surface area (Å²) < 4.78 is 26.4. The van der Waals surface area contributed by atoms with E-state index in [1.54, 1.807) is 0 Å². The molecule has 2 rings (SSSR count). The van der Waals surface area contributed by atoms with Crippen molar-refractivity contribution in [1.29, 1.82) is 0 Å². The van der Waals surface area contributed by atoms with Gasteiger partial charge in [0.1, 0.15) is 11.6 Å². The van der Waals surface area contributed by atoms with Gasteiger partial charge < -0.3 is 10.4 Å². The predicted octanol–water partition coefficient (Wildman–Crippen LogP) is 4.51. The zero-order chi connectivity index (χ0) is 17.0. The minimum absolute atomic E-state index is 0. The van der Waals surface area contributed by atoms with Crippen LogP contribution in [0, 0.1) is 11.6 Å². The van der Waals surface area contributed by atoms with E-state index in [-0.39, 0.29) is 29.9 Å². The molecule has 1 unspecified atom stereocenters. The number of hydrogen-bond donors (Lipinski definition) is 2. The molecule has 0 saturated carbocycles. The lowest BCUT2D eigenvalue weighted by Gasteiger charge is -2.19. The van der Waals surface area contributed by atoms with Gasteiger partial charge in [0.25, 0.3) is 0 Å². The lowest BCUT2D eigenvalue weighted by atomic mass is 9.87. The third-order valence-electron chi connectivity index (χ3n) is 3.81. The minimum Gasteiger partial charge on any atom is -0.387 e. The molecule has 0 amide bonds. The number of benzene rings is 2. The summed E-state index contributed by atoms with van der Waals surface area (Å²) in [4.78, 5) is 0. The summed E-state index contributed by atoms with van der Waals surface area (Å²) in [6, 6.07) is 11.5. The van der Waals surface area contributed by atoms with Crippen LogP contribution in [-0.4, -0.2) is 11.7 Å². The van der Waals surface area contributed by atoms with E-state index in [1.807, 2.05) is 12.1 Å². The molecule has 2 nitrogen and oxygen atoms in total. The Kier molecular flexibility index (Phi) is 7.33. The third-order valence-corrected chi connectivity index (χ3v) is 3.81. The van der Waals surface area contributed by atoms with Gasteiger partial charge in [-0.25, -0.2) is 8.78 Å². The Labute approximate surface area is 148 Å². The molecule has 0 heterocycles. The number of rotatable bonds is 5. The van der Waals surface area contributed by atoms with E-state index in [9.17, 15) is 13.9 Å². The zero-order valence-electron chi connectivity index (χ0n) is 14.1. The number of nitrogens with one attached hydrogen (secondary N) is 1. The summed E-state index contributed by atoms with van der Waals surface area (Å²) in [5.41, 5.74) is 2.56. The van der Waals surface area contributed by atoms with Crippen LogP contribution in [0.5, 0.6) is 0 Å². The van der Waals surface area contributed by atoms with Gasteiger partial charge in [-0.3, -0.25) is 0 Å². The zero-order valence-corrected chi connectivity index (χ0v) is 15.0. The van der Waals surface area contributed by atoms with Crippen molar-refractivity contribution >= 4 is 12.4 Å². The lowest BCUT2D eigenvalue weighted by Crippen LogP contribution is -2.22. The highest BCUT2D eigenvalue weighted by atomic mass is 35.5. The second-order valence-corrected chi connectivity index (χ2v) is 6.76. The largest absolute Gasteiger partial charge is 0.387 e. The molecule has 2 aromatic rings. The van der Waals surface area contributed by atoms with Crippen molar-refractivity contribution in [3.05, 3.63) is 70.8 Å². The van der Waals surface area contributed by atoms with E-state index >= 15 is 0 Å². The van der Waals surface area contributed by atoms with Crippen LogP contribution < -0.4 is 5.32 Å². The first kappa shape index (κ1) is 20.6. The Balaban J connectivity index is 0.00000288. The van der Waals surface area contributed by atoms with Crippen LogP contribution in [0.1, 0.15) is 43.6 Å². The van der Waals surface area contributed by atoms with E-state index in [0.29, 0.717) is 6.54 Å². The molecule has 0 aliphatic carbocycles. The van der Waals surface area contributed by atoms with Crippen LogP contribution in [0.15, 0.2) is 42.5 Å². The fourth-order valence-electron chi connectivity index (χ4n) is 2.36. The van der Waals surface area contributed by atoms with E-state index in [4.69, 9.17) is 0 Å². The predicted molar refractivity (Wildman–Crippen MR) is 95.4 cm³/mol. The fraction of sp³-hybridized carbons (Fsp3) is 0.368. The average molecular weight is 356 g/mol. The van der Waals surface area contributed by atoms with Gasteiger partial charge in [0.15, 0.2) is 0 Å². The van der Waals surface area contributed by atoms with Gasteiger partial charge in [0, 0.05) is 24.7 Å². The maximum absolute atomic E-state index is 13.6. The minimum atomic E-state index is -1.01. The number of halogens is 3. The van der Waals surface area contributed by atoms with Gasteiger partial charge in [-0.05, 0) is 22.6 Å². The van der Waals surface area contributed by atoms with Crippen molar-refractivity contribution in [2.24, 2.45) is 0 Å². The van der Waals surface area contributed by atoms with Crippen molar-refractivity contribution in [3.63, 3.8) is 0 Å². The normalized spacial score (nSPS) is 12.6. The van der Waals surface area contributed by atoms with Crippen LogP contribution in [0.25, 0.3) is 0 Å². The second-order valence-electron chi connectivity index (χ2n) is 6.76. The van der Waals surface area contributed by atoms with Crippen LogP contribution in [0.2, 0.25) is 0 Å². The molecule has 0 aromatic heterocycles. The van der Waals surface area contributed by atoms with Crippen LogP contribution in [-0.2, 0) is 12.0 Å². The Morgan fingerprint density at radius 3 is 2.21 bits per heavy atom. The Hall–Kier alpha value is -1.49. The highest BCUT2D eigenvalue weighted by molar-refractivity contribution is 5.85. The van der Waals surface area contributed by atoms with Crippen molar-refractivity contribution in [2.75, 3.05) is 6.54 Å². The van der Waals surface area contributed by atoms with E-state index in [1.165, 1.54) is 11.6 Å². The molecule has 0 aliphatic heterocycles. The Morgan fingerprint density at radius 2 is 1.67 bits per heavy atom. The van der Waals surface area contributed by atoms with Gasteiger partial charge in [0.05, 0.1) is 6.10 Å². The number of aliphatic hydroxyl groups excluding tert-OH is 1. The highest BCUT2D eigenvalue weighted by Gasteiger charge is 2.14. The van der Waals surface area contributed by atoms with E-state index < -0.39 is 17.7 Å². The maximum atomic E-state index is 13.6. The molecule has 0 aliphatic rings. The summed E-state index contributed by atoms with van der Waals surface area (Å²) in [6.45, 7) is 7.25. The first-order valence-corrected chi connectivity index (χ1v) is 7.70. The van der Waals surface area contributed by atoms with E-state index in [0.717, 1.165) is 17.7 Å². The molecular formula is C19H24ClF2NO. The van der Waals surface area contributed by atoms with Crippen molar-refractivity contribution in [1.82, 2.24) is 5.32 Å². The smallest absolute Gasteiger partial charge is 0.131 e. The molecular weight excluding hydrogens is 332 g/mol. The second kappa shape index (κ2) is 8.56. The van der Waals surface area contributed by atoms with Crippen molar-refractivity contribution in [3.8, 4) is 0 Å². The van der Waals surface area contributed by atoms with Crippen LogP contribution in [0.3, 0.4) is 0 Å². The van der Waals surface area contributed by atoms with Gasteiger partial charge in [0.2, 0.25) is 0 Å². The summed E-state index contributed by atoms with van der Waals surface area (Å²) >= 11 is 0. The molecule has 0 saturated heterocycles. The molecule has 2 aromatic carbocycles. The maximum Gasteiger partial charge on any atom is 0.131 e. The summed E-state index contributed by atoms with van der Waals surface area (Å²) in [5, 5.41) is 13.1. The highest BCUT2D eigenvalue weighted by Crippen LogP contribution is 2.22. The quantitative estimate of drug-likeness (QED) is 0.827. The monoisotopic (exact) mass is 355 g/mol. The van der Waals surface area contributed by atoms with E-state index in [2.05, 4.69) is 38.2 Å². The first-order valence-electron chi connectivity index (χ1n) is 7.70. The average Bonchev–Trinajstić information content (AvgIpc) is 2.46. The summed E-state index contributed by atoms with van der Waals surface area (Å²) in [7, 11) is 0.